The minimum absolute atomic E-state index is 0.152. The van der Waals surface area contributed by atoms with Crippen molar-refractivity contribution in [2.75, 3.05) is 60.2 Å². The highest BCUT2D eigenvalue weighted by Gasteiger charge is 2.33. The van der Waals surface area contributed by atoms with Crippen molar-refractivity contribution in [2.24, 2.45) is 0 Å². The van der Waals surface area contributed by atoms with E-state index in [-0.39, 0.29) is 13.2 Å². The lowest BCUT2D eigenvalue weighted by Crippen LogP contribution is -2.48. The summed E-state index contributed by atoms with van der Waals surface area (Å²) in [5, 5.41) is 11.7. The number of likely N-dealkylation sites (N-methyl/N-ethyl adjacent to an activating group) is 1. The molecule has 0 saturated carbocycles. The Hall–Kier alpha value is -1.83. The second-order valence-corrected chi connectivity index (χ2v) is 8.47. The first-order valence-electron chi connectivity index (χ1n) is 10.2. The molecule has 1 aliphatic heterocycles. The van der Waals surface area contributed by atoms with Crippen molar-refractivity contribution in [3.63, 3.8) is 0 Å². The number of halogens is 1. The first-order chi connectivity index (χ1) is 14.4. The molecule has 2 aromatic carbocycles. The molecule has 0 radical (unpaired) electrons. The maximum atomic E-state index is 11.1. The first kappa shape index (κ1) is 22.8. The number of benzene rings is 2. The van der Waals surface area contributed by atoms with E-state index >= 15 is 0 Å². The second kappa shape index (κ2) is 11.0. The van der Waals surface area contributed by atoms with E-state index in [4.69, 9.17) is 25.8 Å². The average molecular weight is 435 g/mol. The van der Waals surface area contributed by atoms with E-state index < -0.39 is 5.60 Å². The number of nitrogens with zero attached hydrogens (tertiary/aromatic N) is 2. The summed E-state index contributed by atoms with van der Waals surface area (Å²) in [5.74, 6) is 1.54. The smallest absolute Gasteiger partial charge is 0.134 e. The summed E-state index contributed by atoms with van der Waals surface area (Å²) in [4.78, 5) is 4.28. The van der Waals surface area contributed by atoms with Gasteiger partial charge in [0.1, 0.15) is 30.3 Å². The van der Waals surface area contributed by atoms with Gasteiger partial charge in [-0.2, -0.15) is 0 Å². The molecular formula is C23H31ClN2O4. The minimum atomic E-state index is -1.09. The third-order valence-electron chi connectivity index (χ3n) is 4.87. The highest BCUT2D eigenvalue weighted by molar-refractivity contribution is 6.30. The quantitative estimate of drug-likeness (QED) is 0.655. The van der Waals surface area contributed by atoms with Crippen LogP contribution >= 0.6 is 11.6 Å². The molecule has 0 aromatic heterocycles. The number of hydrogen-bond donors (Lipinski definition) is 1. The van der Waals surface area contributed by atoms with Crippen LogP contribution in [0.1, 0.15) is 5.56 Å². The van der Waals surface area contributed by atoms with E-state index in [1.54, 1.807) is 24.3 Å². The van der Waals surface area contributed by atoms with Gasteiger partial charge in [0.05, 0.1) is 13.2 Å². The van der Waals surface area contributed by atoms with Crippen LogP contribution in [0.25, 0.3) is 0 Å². The van der Waals surface area contributed by atoms with Gasteiger partial charge < -0.3 is 24.2 Å². The molecule has 164 valence electrons. The molecule has 0 aliphatic carbocycles. The molecule has 0 bridgehead atoms. The van der Waals surface area contributed by atoms with Gasteiger partial charge in [-0.25, -0.2) is 0 Å². The molecule has 30 heavy (non-hydrogen) atoms. The molecule has 0 amide bonds. The Balaban J connectivity index is 1.57. The minimum Gasteiger partial charge on any atom is -0.492 e. The normalized spacial score (nSPS) is 20.2. The summed E-state index contributed by atoms with van der Waals surface area (Å²) >= 11 is 5.92. The van der Waals surface area contributed by atoms with Crippen LogP contribution in [-0.2, 0) is 11.3 Å². The van der Waals surface area contributed by atoms with Crippen molar-refractivity contribution in [3.8, 4) is 11.5 Å². The Bertz CT molecular complexity index is 787. The number of ether oxygens (including phenoxy) is 3. The van der Waals surface area contributed by atoms with E-state index in [0.717, 1.165) is 24.4 Å². The second-order valence-electron chi connectivity index (χ2n) is 8.03. The SMILES string of the molecule is CN(C)CCOc1cccc(CN2CCOC[C@](O)(COc3ccc(Cl)cc3)C2)c1. The summed E-state index contributed by atoms with van der Waals surface area (Å²) in [5.41, 5.74) is 0.0518. The summed E-state index contributed by atoms with van der Waals surface area (Å²) < 4.78 is 17.3. The zero-order valence-corrected chi connectivity index (χ0v) is 18.5. The van der Waals surface area contributed by atoms with Crippen LogP contribution in [0.4, 0.5) is 0 Å². The lowest BCUT2D eigenvalue weighted by molar-refractivity contribution is -0.0646. The number of β-amino-alcohol motifs (C(OH)–C–C–N with tert-alkyl or cyclic N) is 1. The zero-order valence-electron chi connectivity index (χ0n) is 17.7. The summed E-state index contributed by atoms with van der Waals surface area (Å²) in [6, 6.07) is 15.2. The fourth-order valence-corrected chi connectivity index (χ4v) is 3.43. The number of aliphatic hydroxyl groups is 1. The monoisotopic (exact) mass is 434 g/mol. The molecule has 1 atom stereocenters. The summed E-state index contributed by atoms with van der Waals surface area (Å²) in [6.45, 7) is 4.40. The molecule has 7 heteroatoms. The third kappa shape index (κ3) is 7.45. The molecular weight excluding hydrogens is 404 g/mol. The van der Waals surface area contributed by atoms with E-state index in [2.05, 4.69) is 21.9 Å². The molecule has 1 aliphatic rings. The fraction of sp³-hybridized carbons (Fsp3) is 0.478. The van der Waals surface area contributed by atoms with Crippen LogP contribution in [0.3, 0.4) is 0 Å². The van der Waals surface area contributed by atoms with E-state index in [1.165, 1.54) is 0 Å². The van der Waals surface area contributed by atoms with Gasteiger partial charge in [0.15, 0.2) is 0 Å². The summed E-state index contributed by atoms with van der Waals surface area (Å²) in [7, 11) is 4.05. The van der Waals surface area contributed by atoms with Crippen molar-refractivity contribution in [1.82, 2.24) is 9.80 Å². The van der Waals surface area contributed by atoms with E-state index in [9.17, 15) is 5.11 Å². The van der Waals surface area contributed by atoms with Crippen molar-refractivity contribution >= 4 is 11.6 Å². The van der Waals surface area contributed by atoms with Gasteiger partial charge in [-0.1, -0.05) is 23.7 Å². The average Bonchev–Trinajstić information content (AvgIpc) is 2.89. The number of hydrogen-bond acceptors (Lipinski definition) is 6. The Labute approximate surface area is 183 Å². The Morgan fingerprint density at radius 1 is 1.13 bits per heavy atom. The van der Waals surface area contributed by atoms with Gasteiger partial charge in [0.2, 0.25) is 0 Å². The maximum absolute atomic E-state index is 11.1. The molecule has 1 N–H and O–H groups in total. The Kier molecular flexibility index (Phi) is 8.36. The lowest BCUT2D eigenvalue weighted by Gasteiger charge is -2.30. The van der Waals surface area contributed by atoms with Crippen LogP contribution in [0.2, 0.25) is 5.02 Å². The number of rotatable bonds is 9. The molecule has 1 fully saturated rings. The van der Waals surface area contributed by atoms with Crippen molar-refractivity contribution in [2.45, 2.75) is 12.1 Å². The Morgan fingerprint density at radius 2 is 1.93 bits per heavy atom. The van der Waals surface area contributed by atoms with Crippen LogP contribution < -0.4 is 9.47 Å². The topological polar surface area (TPSA) is 54.4 Å². The van der Waals surface area contributed by atoms with Gasteiger partial charge in [0.25, 0.3) is 0 Å². The van der Waals surface area contributed by atoms with E-state index in [0.29, 0.717) is 37.1 Å². The van der Waals surface area contributed by atoms with Gasteiger partial charge in [0, 0.05) is 31.2 Å². The lowest BCUT2D eigenvalue weighted by atomic mass is 10.1. The highest BCUT2D eigenvalue weighted by Crippen LogP contribution is 2.21. The van der Waals surface area contributed by atoms with Gasteiger partial charge in [-0.3, -0.25) is 4.90 Å². The van der Waals surface area contributed by atoms with Crippen LogP contribution in [0, 0.1) is 0 Å². The molecule has 0 spiro atoms. The predicted octanol–water partition coefficient (Wildman–Crippen LogP) is 2.92. The standard InChI is InChI=1S/C23H31ClN2O4/c1-25(2)10-13-29-22-5-3-4-19(14-22)15-26-11-12-28-17-23(27,16-26)18-30-21-8-6-20(24)7-9-21/h3-9,14,27H,10-13,15-18H2,1-2H3/t23-/m0/s1. The molecule has 2 aromatic rings. The molecule has 1 saturated heterocycles. The molecule has 1 heterocycles. The molecule has 3 rings (SSSR count). The van der Waals surface area contributed by atoms with Crippen LogP contribution in [0.15, 0.2) is 48.5 Å². The van der Waals surface area contributed by atoms with Gasteiger partial charge in [-0.15, -0.1) is 0 Å². The fourth-order valence-electron chi connectivity index (χ4n) is 3.31. The first-order valence-corrected chi connectivity index (χ1v) is 10.6. The van der Waals surface area contributed by atoms with Crippen molar-refractivity contribution < 1.29 is 19.3 Å². The maximum Gasteiger partial charge on any atom is 0.134 e. The Morgan fingerprint density at radius 3 is 2.70 bits per heavy atom. The van der Waals surface area contributed by atoms with Crippen molar-refractivity contribution in [1.29, 1.82) is 0 Å². The van der Waals surface area contributed by atoms with Crippen LogP contribution in [-0.4, -0.2) is 80.7 Å². The van der Waals surface area contributed by atoms with Gasteiger partial charge in [-0.05, 0) is 56.1 Å². The largest absolute Gasteiger partial charge is 0.492 e. The highest BCUT2D eigenvalue weighted by atomic mass is 35.5. The molecule has 6 nitrogen and oxygen atoms in total. The van der Waals surface area contributed by atoms with Crippen molar-refractivity contribution in [3.05, 3.63) is 59.1 Å². The zero-order chi connectivity index (χ0) is 21.4. The van der Waals surface area contributed by atoms with Crippen LogP contribution in [0.5, 0.6) is 11.5 Å². The summed E-state index contributed by atoms with van der Waals surface area (Å²) in [6.07, 6.45) is 0. The van der Waals surface area contributed by atoms with E-state index in [1.807, 2.05) is 26.2 Å². The molecule has 0 unspecified atom stereocenters. The van der Waals surface area contributed by atoms with Gasteiger partial charge >= 0.3 is 0 Å². The third-order valence-corrected chi connectivity index (χ3v) is 5.13. The predicted molar refractivity (Wildman–Crippen MR) is 118 cm³/mol.